The summed E-state index contributed by atoms with van der Waals surface area (Å²) in [5.41, 5.74) is 4.97. The number of nitrogens with zero attached hydrogens (tertiary/aromatic N) is 2. The molecule has 0 radical (unpaired) electrons. The number of ether oxygens (including phenoxy) is 4. The summed E-state index contributed by atoms with van der Waals surface area (Å²) >= 11 is 7.65. The van der Waals surface area contributed by atoms with Crippen molar-refractivity contribution in [3.63, 3.8) is 0 Å². The van der Waals surface area contributed by atoms with Crippen LogP contribution in [-0.4, -0.2) is 77.0 Å². The van der Waals surface area contributed by atoms with Crippen molar-refractivity contribution < 1.29 is 18.9 Å². The predicted molar refractivity (Wildman–Crippen MR) is 134 cm³/mol. The summed E-state index contributed by atoms with van der Waals surface area (Å²) in [6.07, 6.45) is 2.28. The van der Waals surface area contributed by atoms with E-state index in [0.29, 0.717) is 24.4 Å². The number of hydrogen-bond donors (Lipinski definition) is 0. The fraction of sp³-hybridized carbons (Fsp3) is 0.520. The van der Waals surface area contributed by atoms with Gasteiger partial charge in [-0.25, -0.2) is 0 Å². The molecule has 2 aromatic carbocycles. The van der Waals surface area contributed by atoms with Gasteiger partial charge >= 0.3 is 0 Å². The highest BCUT2D eigenvalue weighted by molar-refractivity contribution is 9.10. The van der Waals surface area contributed by atoms with Gasteiger partial charge in [-0.05, 0) is 41.8 Å². The molecule has 8 heteroatoms. The Bertz CT molecular complexity index is 898. The van der Waals surface area contributed by atoms with E-state index in [1.807, 2.05) is 0 Å². The third-order valence-electron chi connectivity index (χ3n) is 6.49. The van der Waals surface area contributed by atoms with Gasteiger partial charge in [0.15, 0.2) is 0 Å². The van der Waals surface area contributed by atoms with E-state index in [1.165, 1.54) is 22.5 Å². The largest absolute Gasteiger partial charge is 0.371 e. The molecule has 4 fully saturated rings. The zero-order valence-electron chi connectivity index (χ0n) is 18.4. The third-order valence-corrected chi connectivity index (χ3v) is 7.97. The van der Waals surface area contributed by atoms with Crippen molar-refractivity contribution >= 4 is 43.2 Å². The molecule has 6 rings (SSSR count). The molecular formula is C25H28Br2N2O4. The van der Waals surface area contributed by atoms with Crippen molar-refractivity contribution in [3.8, 4) is 0 Å². The maximum absolute atomic E-state index is 5.47. The summed E-state index contributed by atoms with van der Waals surface area (Å²) in [7, 11) is 0. The van der Waals surface area contributed by atoms with Crippen LogP contribution in [0.1, 0.15) is 11.1 Å². The minimum absolute atomic E-state index is 0.356. The normalized spacial score (nSPS) is 26.7. The Kier molecular flexibility index (Phi) is 6.41. The molecule has 2 aromatic rings. The first kappa shape index (κ1) is 22.3. The molecule has 176 valence electrons. The first-order valence-electron chi connectivity index (χ1n) is 11.6. The average molecular weight is 580 g/mol. The fourth-order valence-electron chi connectivity index (χ4n) is 4.21. The van der Waals surface area contributed by atoms with E-state index < -0.39 is 0 Å². The number of rotatable bonds is 12. The molecule has 6 nitrogen and oxygen atoms in total. The summed E-state index contributed by atoms with van der Waals surface area (Å²) in [5.74, 6) is 0. The van der Waals surface area contributed by atoms with E-state index in [0.717, 1.165) is 68.0 Å². The SMILES string of the molecule is Brc1cc(N(CC2CO2)CC2CO2)ccc1Cc1ccc(N(CC2CO2)CC2CO2)cc1Br. The fourth-order valence-corrected chi connectivity index (χ4v) is 5.22. The maximum atomic E-state index is 5.47. The van der Waals surface area contributed by atoms with Gasteiger partial charge in [0.2, 0.25) is 0 Å². The summed E-state index contributed by atoms with van der Waals surface area (Å²) in [6, 6.07) is 13.4. The van der Waals surface area contributed by atoms with Crippen LogP contribution in [0.2, 0.25) is 0 Å². The highest BCUT2D eigenvalue weighted by atomic mass is 79.9. The van der Waals surface area contributed by atoms with E-state index in [-0.39, 0.29) is 0 Å². The van der Waals surface area contributed by atoms with Gasteiger partial charge in [-0.15, -0.1) is 0 Å². The molecule has 0 spiro atoms. The third kappa shape index (κ3) is 6.10. The van der Waals surface area contributed by atoms with Crippen molar-refractivity contribution in [2.24, 2.45) is 0 Å². The highest BCUT2D eigenvalue weighted by Gasteiger charge is 2.32. The highest BCUT2D eigenvalue weighted by Crippen LogP contribution is 2.32. The lowest BCUT2D eigenvalue weighted by Crippen LogP contribution is -2.31. The minimum Gasteiger partial charge on any atom is -0.371 e. The molecule has 33 heavy (non-hydrogen) atoms. The van der Waals surface area contributed by atoms with Gasteiger partial charge in [0.05, 0.1) is 50.8 Å². The topological polar surface area (TPSA) is 56.6 Å². The molecule has 0 amide bonds. The summed E-state index contributed by atoms with van der Waals surface area (Å²) in [6.45, 7) is 7.15. The predicted octanol–water partition coefficient (Wildman–Crippen LogP) is 4.01. The Morgan fingerprint density at radius 3 is 1.21 bits per heavy atom. The van der Waals surface area contributed by atoms with Crippen LogP contribution in [0.25, 0.3) is 0 Å². The van der Waals surface area contributed by atoms with Crippen LogP contribution in [0.3, 0.4) is 0 Å². The van der Waals surface area contributed by atoms with Crippen LogP contribution in [0.5, 0.6) is 0 Å². The van der Waals surface area contributed by atoms with Crippen LogP contribution in [0.4, 0.5) is 11.4 Å². The van der Waals surface area contributed by atoms with Crippen molar-refractivity contribution in [2.45, 2.75) is 30.8 Å². The molecule has 0 bridgehead atoms. The number of hydrogen-bond acceptors (Lipinski definition) is 6. The lowest BCUT2D eigenvalue weighted by Gasteiger charge is -2.25. The molecule has 4 heterocycles. The van der Waals surface area contributed by atoms with E-state index in [4.69, 9.17) is 18.9 Å². The number of anilines is 2. The molecule has 0 aliphatic carbocycles. The second kappa shape index (κ2) is 9.47. The number of halogens is 2. The zero-order chi connectivity index (χ0) is 22.4. The van der Waals surface area contributed by atoms with Crippen LogP contribution in [-0.2, 0) is 25.4 Å². The monoisotopic (exact) mass is 578 g/mol. The summed E-state index contributed by atoms with van der Waals surface area (Å²) < 4.78 is 24.1. The first-order valence-corrected chi connectivity index (χ1v) is 13.2. The molecule has 4 saturated heterocycles. The van der Waals surface area contributed by atoms with Crippen LogP contribution in [0.15, 0.2) is 45.3 Å². The van der Waals surface area contributed by atoms with Crippen molar-refractivity contribution in [2.75, 3.05) is 62.4 Å². The molecule has 4 aliphatic rings. The molecule has 4 unspecified atom stereocenters. The molecule has 4 atom stereocenters. The zero-order valence-corrected chi connectivity index (χ0v) is 21.6. The van der Waals surface area contributed by atoms with Crippen molar-refractivity contribution in [3.05, 3.63) is 56.5 Å². The quantitative estimate of drug-likeness (QED) is 0.354. The second-order valence-electron chi connectivity index (χ2n) is 9.36. The minimum atomic E-state index is 0.356. The molecule has 0 aromatic heterocycles. The van der Waals surface area contributed by atoms with Gasteiger partial charge in [0.25, 0.3) is 0 Å². The Labute approximate surface area is 211 Å². The van der Waals surface area contributed by atoms with Gasteiger partial charge in [-0.1, -0.05) is 44.0 Å². The first-order chi connectivity index (χ1) is 16.1. The van der Waals surface area contributed by atoms with Gasteiger partial charge < -0.3 is 28.7 Å². The van der Waals surface area contributed by atoms with E-state index in [1.54, 1.807) is 0 Å². The molecule has 4 aliphatic heterocycles. The smallest absolute Gasteiger partial charge is 0.0984 e. The lowest BCUT2D eigenvalue weighted by molar-refractivity contribution is 0.388. The molecule has 0 N–H and O–H groups in total. The standard InChI is InChI=1S/C25H28Br2N2O4/c26-24-6-18(28(8-20-12-30-20)9-21-13-31-21)3-1-16(24)5-17-2-4-19(7-25(17)27)29(10-22-14-32-22)11-23-15-33-23/h1-4,6-7,20-23H,5,8-15H2. The Hall–Kier alpha value is -1.16. The van der Waals surface area contributed by atoms with Crippen LogP contribution < -0.4 is 9.80 Å². The van der Waals surface area contributed by atoms with Crippen molar-refractivity contribution in [1.29, 1.82) is 0 Å². The van der Waals surface area contributed by atoms with E-state index in [2.05, 4.69) is 78.1 Å². The molecular weight excluding hydrogens is 552 g/mol. The number of epoxide rings is 4. The van der Waals surface area contributed by atoms with Crippen molar-refractivity contribution in [1.82, 2.24) is 0 Å². The van der Waals surface area contributed by atoms with E-state index in [9.17, 15) is 0 Å². The Morgan fingerprint density at radius 1 is 0.606 bits per heavy atom. The number of benzene rings is 2. The Morgan fingerprint density at radius 2 is 0.939 bits per heavy atom. The van der Waals surface area contributed by atoms with Gasteiger partial charge in [0, 0.05) is 46.5 Å². The summed E-state index contributed by atoms with van der Waals surface area (Å²) in [5, 5.41) is 0. The summed E-state index contributed by atoms with van der Waals surface area (Å²) in [4.78, 5) is 4.77. The second-order valence-corrected chi connectivity index (χ2v) is 11.1. The van der Waals surface area contributed by atoms with Crippen LogP contribution in [0, 0.1) is 0 Å². The van der Waals surface area contributed by atoms with E-state index >= 15 is 0 Å². The van der Waals surface area contributed by atoms with Gasteiger partial charge in [-0.2, -0.15) is 0 Å². The van der Waals surface area contributed by atoms with Crippen LogP contribution >= 0.6 is 31.9 Å². The maximum Gasteiger partial charge on any atom is 0.0984 e. The molecule has 0 saturated carbocycles. The Balaban J connectivity index is 1.15. The van der Waals surface area contributed by atoms with Gasteiger partial charge in [0.1, 0.15) is 0 Å². The lowest BCUT2D eigenvalue weighted by atomic mass is 10.0. The average Bonchev–Trinajstić information content (AvgIpc) is 3.59. The van der Waals surface area contributed by atoms with Gasteiger partial charge in [-0.3, -0.25) is 0 Å².